The van der Waals surface area contributed by atoms with Crippen LogP contribution in [0.5, 0.6) is 11.5 Å². The van der Waals surface area contributed by atoms with Crippen LogP contribution < -0.4 is 14.8 Å². The van der Waals surface area contributed by atoms with Gasteiger partial charge in [0, 0.05) is 62.4 Å². The zero-order valence-electron chi connectivity index (χ0n) is 41.9. The Balaban J connectivity index is 1.33. The lowest BCUT2D eigenvalue weighted by Crippen LogP contribution is -2.70. The summed E-state index contributed by atoms with van der Waals surface area (Å²) in [7, 11) is 0. The van der Waals surface area contributed by atoms with Crippen molar-refractivity contribution in [3.8, 4) is 11.5 Å². The van der Waals surface area contributed by atoms with Crippen LogP contribution in [0.4, 0.5) is 10.5 Å². The highest BCUT2D eigenvalue weighted by Gasteiger charge is 2.65. The minimum absolute atomic E-state index is 0.0287. The number of oxime groups is 1. The van der Waals surface area contributed by atoms with Gasteiger partial charge in [-0.3, -0.25) is 14.9 Å². The number of carbonyl (C=O) groups is 2. The molecule has 1 saturated carbocycles. The van der Waals surface area contributed by atoms with Gasteiger partial charge in [-0.25, -0.2) is 4.79 Å². The molecule has 2 aliphatic carbocycles. The summed E-state index contributed by atoms with van der Waals surface area (Å²) in [4.78, 5) is 48.1. The molecule has 14 nitrogen and oxygen atoms in total. The van der Waals surface area contributed by atoms with Crippen molar-refractivity contribution in [2.24, 2.45) is 22.9 Å². The van der Waals surface area contributed by atoms with Crippen LogP contribution in [-0.2, 0) is 27.5 Å². The van der Waals surface area contributed by atoms with E-state index in [1.807, 2.05) is 106 Å². The van der Waals surface area contributed by atoms with Crippen LogP contribution in [0.25, 0.3) is 16.8 Å². The number of nitro groups is 1. The van der Waals surface area contributed by atoms with E-state index in [-0.39, 0.29) is 68.7 Å². The number of nitrogens with zero attached hydrogens (tertiary/aromatic N) is 3. The fourth-order valence-corrected chi connectivity index (χ4v) is 10.7. The molecule has 8 rings (SSSR count). The number of nitro benzene ring substituents is 1. The van der Waals surface area contributed by atoms with Gasteiger partial charge in [-0.05, 0) is 128 Å². The quantitative estimate of drug-likeness (QED) is 0.0210. The van der Waals surface area contributed by atoms with Crippen LogP contribution in [0.2, 0.25) is 0 Å². The maximum absolute atomic E-state index is 15.5. The Kier molecular flexibility index (Phi) is 16.9. The van der Waals surface area contributed by atoms with E-state index in [2.05, 4.69) is 18.0 Å². The van der Waals surface area contributed by atoms with Crippen LogP contribution in [0.1, 0.15) is 93.9 Å². The molecule has 0 aromatic heterocycles. The molecule has 14 heteroatoms. The van der Waals surface area contributed by atoms with E-state index in [1.165, 1.54) is 18.2 Å². The Labute approximate surface area is 427 Å². The van der Waals surface area contributed by atoms with E-state index >= 15 is 4.79 Å². The highest BCUT2D eigenvalue weighted by molar-refractivity contribution is 6.03. The first kappa shape index (κ1) is 52.2. The van der Waals surface area contributed by atoms with Crippen molar-refractivity contribution in [3.63, 3.8) is 0 Å². The fraction of sp³-hybridized carbons (Fsp3) is 0.373. The number of rotatable bonds is 21. The maximum atomic E-state index is 15.5. The molecule has 1 heterocycles. The van der Waals surface area contributed by atoms with Gasteiger partial charge in [0.15, 0.2) is 0 Å². The number of hydrogen-bond acceptors (Lipinski definition) is 11. The Morgan fingerprint density at radius 3 is 2.38 bits per heavy atom. The average Bonchev–Trinajstić information content (AvgIpc) is 3.39. The lowest BCUT2D eigenvalue weighted by molar-refractivity contribution is -0.384. The number of benzene rings is 5. The van der Waals surface area contributed by atoms with E-state index in [9.17, 15) is 25.1 Å². The standard InChI is InChI=1S/C59H66N4O10/c1-5-34-70-59-53(62(39-44-21-15-20-42-18-9-10-22-47(42)44)54(66)31-26-40-24-27-45(28-25-40)63(68)69)37-51(61-73-58(2,3)4)49-35-43(19-11-13-32-64)48(23-12-14-33-65)55(56(49)59)50-36-46(29-30-52(50)72-59)71-57(67)60-38-41-16-7-6-8-17-41/h5-10,15-18,20-22,24-31,35-36,43,48,53,55-56,64-65H,1,11-14,19,23,32-34,37-39H2,2-4H3,(H,60,67)/t43-,48+,53-,55+,56+,59+/m0/s1. The molecule has 2 amide bonds. The van der Waals surface area contributed by atoms with Crippen LogP contribution in [-0.4, -0.2) is 75.0 Å². The van der Waals surface area contributed by atoms with Gasteiger partial charge in [0.2, 0.25) is 11.7 Å². The Bertz CT molecular complexity index is 2830. The number of nitrogens with one attached hydrogen (secondary N) is 1. The van der Waals surface area contributed by atoms with Crippen LogP contribution in [0.3, 0.4) is 0 Å². The van der Waals surface area contributed by atoms with Crippen molar-refractivity contribution in [3.05, 3.63) is 178 Å². The smallest absolute Gasteiger partial charge is 0.412 e. The van der Waals surface area contributed by atoms with Gasteiger partial charge in [0.05, 0.1) is 23.2 Å². The molecule has 5 aromatic carbocycles. The Hall–Kier alpha value is -7.13. The second-order valence-electron chi connectivity index (χ2n) is 20.0. The van der Waals surface area contributed by atoms with E-state index < -0.39 is 34.4 Å². The summed E-state index contributed by atoms with van der Waals surface area (Å²) < 4.78 is 20.7. The van der Waals surface area contributed by atoms with Gasteiger partial charge < -0.3 is 39.5 Å². The lowest BCUT2D eigenvalue weighted by Gasteiger charge is -2.60. The third kappa shape index (κ3) is 12.2. The van der Waals surface area contributed by atoms with Gasteiger partial charge >= 0.3 is 6.09 Å². The van der Waals surface area contributed by atoms with Gasteiger partial charge in [-0.15, -0.1) is 6.58 Å². The average molecular weight is 991 g/mol. The number of amides is 2. The highest BCUT2D eigenvalue weighted by atomic mass is 16.7. The van der Waals surface area contributed by atoms with Gasteiger partial charge in [0.25, 0.3) is 5.69 Å². The molecule has 0 spiro atoms. The number of carbonyl (C=O) groups excluding carboxylic acids is 2. The molecular formula is C59H66N4O10. The third-order valence-electron chi connectivity index (χ3n) is 14.0. The number of aliphatic hydroxyl groups is 2. The maximum Gasteiger partial charge on any atom is 0.412 e. The zero-order chi connectivity index (χ0) is 51.5. The predicted molar refractivity (Wildman–Crippen MR) is 282 cm³/mol. The third-order valence-corrected chi connectivity index (χ3v) is 14.0. The normalized spacial score (nSPS) is 21.6. The minimum atomic E-state index is -1.58. The first-order chi connectivity index (χ1) is 35.3. The Morgan fingerprint density at radius 1 is 0.932 bits per heavy atom. The second-order valence-corrected chi connectivity index (χ2v) is 20.0. The number of allylic oxidation sites excluding steroid dienone is 1. The number of unbranched alkanes of at least 4 members (excludes halogenated alkanes) is 2. The van der Waals surface area contributed by atoms with E-state index in [0.29, 0.717) is 42.0 Å². The summed E-state index contributed by atoms with van der Waals surface area (Å²) in [5.74, 6) is -2.25. The molecule has 0 unspecified atom stereocenters. The van der Waals surface area contributed by atoms with Crippen molar-refractivity contribution in [2.45, 2.75) is 102 Å². The first-order valence-corrected chi connectivity index (χ1v) is 25.3. The van der Waals surface area contributed by atoms with Crippen LogP contribution in [0.15, 0.2) is 151 Å². The molecule has 0 bridgehead atoms. The number of fused-ring (bicyclic) bond motifs is 3. The summed E-state index contributed by atoms with van der Waals surface area (Å²) in [5.41, 5.74) is 3.93. The molecule has 0 saturated heterocycles. The monoisotopic (exact) mass is 990 g/mol. The molecule has 1 fully saturated rings. The predicted octanol–water partition coefficient (Wildman–Crippen LogP) is 11.2. The molecule has 0 radical (unpaired) electrons. The van der Waals surface area contributed by atoms with Crippen molar-refractivity contribution in [1.82, 2.24) is 10.2 Å². The molecule has 5 aromatic rings. The molecule has 73 heavy (non-hydrogen) atoms. The van der Waals surface area contributed by atoms with Crippen molar-refractivity contribution >= 4 is 40.2 Å². The molecule has 382 valence electrons. The molecule has 1 aliphatic heterocycles. The largest absolute Gasteiger partial charge is 0.459 e. The Morgan fingerprint density at radius 2 is 1.66 bits per heavy atom. The summed E-state index contributed by atoms with van der Waals surface area (Å²) in [6, 6.07) is 34.2. The fourth-order valence-electron chi connectivity index (χ4n) is 10.7. The summed E-state index contributed by atoms with van der Waals surface area (Å²) in [5, 5.41) is 41.5. The van der Waals surface area contributed by atoms with E-state index in [4.69, 9.17) is 24.2 Å². The topological polar surface area (TPSA) is 182 Å². The van der Waals surface area contributed by atoms with Crippen molar-refractivity contribution in [2.75, 3.05) is 19.8 Å². The molecular weight excluding hydrogens is 925 g/mol. The summed E-state index contributed by atoms with van der Waals surface area (Å²) in [6.07, 6.45) is 10.8. The number of aliphatic hydroxyl groups excluding tert-OH is 2. The number of non-ortho nitro benzene ring substituents is 1. The van der Waals surface area contributed by atoms with Crippen molar-refractivity contribution < 1.29 is 43.8 Å². The first-order valence-electron chi connectivity index (χ1n) is 25.3. The zero-order valence-corrected chi connectivity index (χ0v) is 41.9. The molecule has 3 aliphatic rings. The summed E-state index contributed by atoms with van der Waals surface area (Å²) in [6.45, 7) is 10.4. The van der Waals surface area contributed by atoms with Gasteiger partial charge in [0.1, 0.15) is 23.1 Å². The van der Waals surface area contributed by atoms with E-state index in [1.54, 1.807) is 35.3 Å². The molecule has 6 atom stereocenters. The van der Waals surface area contributed by atoms with Gasteiger partial charge in [-0.2, -0.15) is 0 Å². The van der Waals surface area contributed by atoms with Crippen molar-refractivity contribution in [1.29, 1.82) is 0 Å². The minimum Gasteiger partial charge on any atom is -0.459 e. The van der Waals surface area contributed by atoms with Gasteiger partial charge in [-0.1, -0.05) is 103 Å². The second kappa shape index (κ2) is 23.6. The summed E-state index contributed by atoms with van der Waals surface area (Å²) >= 11 is 0. The lowest BCUT2D eigenvalue weighted by atomic mass is 9.55. The number of ether oxygens (including phenoxy) is 3. The van der Waals surface area contributed by atoms with Crippen LogP contribution in [0, 0.1) is 27.9 Å². The SMILES string of the molecule is C=CCO[C@@]12Oc3ccc(OC(=O)NCc4ccccc4)cc3[C@H]3[C@H](CCCCO)[C@@H](CCCCO)C=C(C(=NOC(C)(C)C)C[C@@H]1N(Cc1cccc4ccccc14)C(=O)C=Cc1ccc([N+](=O)[O-])cc1)[C@H]32. The number of hydrogen-bond donors (Lipinski definition) is 3. The van der Waals surface area contributed by atoms with Crippen LogP contribution >= 0.6 is 0 Å². The highest BCUT2D eigenvalue weighted by Crippen LogP contribution is 2.62. The molecule has 3 N–H and O–H groups in total. The van der Waals surface area contributed by atoms with E-state index in [0.717, 1.165) is 52.3 Å².